The van der Waals surface area contributed by atoms with Crippen LogP contribution in [-0.2, 0) is 9.59 Å². The van der Waals surface area contributed by atoms with Crippen LogP contribution in [0.25, 0.3) is 0 Å². The third kappa shape index (κ3) is 2.87. The van der Waals surface area contributed by atoms with Gasteiger partial charge in [-0.05, 0) is 12.8 Å². The molecule has 1 amide bonds. The number of carboxylic acid groups (broad SMARTS) is 1. The van der Waals surface area contributed by atoms with Gasteiger partial charge in [0.15, 0.2) is 0 Å². The molecule has 0 saturated heterocycles. The zero-order valence-electron chi connectivity index (χ0n) is 8.35. The van der Waals surface area contributed by atoms with Crippen molar-refractivity contribution in [3.8, 4) is 0 Å². The first-order valence-electron chi connectivity index (χ1n) is 4.73. The van der Waals surface area contributed by atoms with Gasteiger partial charge in [0.25, 0.3) is 5.91 Å². The maximum absolute atomic E-state index is 12.9. The van der Waals surface area contributed by atoms with Gasteiger partial charge < -0.3 is 10.4 Å². The Hall–Kier alpha value is -1.20. The lowest BCUT2D eigenvalue weighted by Gasteiger charge is -2.19. The Balaban J connectivity index is 2.55. The van der Waals surface area contributed by atoms with E-state index in [0.717, 1.165) is 0 Å². The molecular formula is C9H13F2NO3. The van der Waals surface area contributed by atoms with Crippen molar-refractivity contribution in [1.29, 1.82) is 0 Å². The monoisotopic (exact) mass is 221 g/mol. The van der Waals surface area contributed by atoms with Gasteiger partial charge in [0.1, 0.15) is 0 Å². The lowest BCUT2D eigenvalue weighted by atomic mass is 10.1. The Morgan fingerprint density at radius 3 is 2.33 bits per heavy atom. The van der Waals surface area contributed by atoms with E-state index in [4.69, 9.17) is 5.11 Å². The molecule has 1 rings (SSSR count). The van der Waals surface area contributed by atoms with E-state index in [0.29, 0.717) is 12.8 Å². The number of aliphatic carboxylic acids is 1. The first kappa shape index (κ1) is 11.9. The van der Waals surface area contributed by atoms with Crippen molar-refractivity contribution in [2.75, 3.05) is 0 Å². The number of rotatable bonds is 5. The third-order valence-corrected chi connectivity index (χ3v) is 2.50. The van der Waals surface area contributed by atoms with Crippen molar-refractivity contribution in [3.63, 3.8) is 0 Å². The molecule has 0 aliphatic heterocycles. The second kappa shape index (κ2) is 3.75. The van der Waals surface area contributed by atoms with E-state index in [1.807, 2.05) is 0 Å². The van der Waals surface area contributed by atoms with E-state index < -0.39 is 29.8 Å². The average molecular weight is 221 g/mol. The molecule has 0 heterocycles. The Morgan fingerprint density at radius 2 is 2.00 bits per heavy atom. The smallest absolute Gasteiger partial charge is 0.324 e. The fraction of sp³-hybridized carbons (Fsp3) is 0.778. The van der Waals surface area contributed by atoms with Crippen LogP contribution in [0.5, 0.6) is 0 Å². The fourth-order valence-electron chi connectivity index (χ4n) is 1.28. The maximum Gasteiger partial charge on any atom is 0.324 e. The van der Waals surface area contributed by atoms with Crippen LogP contribution in [0.15, 0.2) is 0 Å². The number of carbonyl (C=O) groups excluding carboxylic acids is 1. The van der Waals surface area contributed by atoms with Crippen molar-refractivity contribution in [3.05, 3.63) is 0 Å². The van der Waals surface area contributed by atoms with E-state index in [1.165, 1.54) is 6.92 Å². The summed E-state index contributed by atoms with van der Waals surface area (Å²) in [6.07, 6.45) is 0.0240. The van der Waals surface area contributed by atoms with Crippen LogP contribution >= 0.6 is 0 Å². The summed E-state index contributed by atoms with van der Waals surface area (Å²) in [5.74, 6) is -5.87. The highest BCUT2D eigenvalue weighted by Crippen LogP contribution is 2.39. The van der Waals surface area contributed by atoms with Gasteiger partial charge >= 0.3 is 11.9 Å². The largest absolute Gasteiger partial charge is 0.481 e. The molecule has 1 saturated carbocycles. The second-order valence-electron chi connectivity index (χ2n) is 3.86. The number of carbonyl (C=O) groups is 2. The van der Waals surface area contributed by atoms with Crippen LogP contribution in [0, 0.1) is 0 Å². The standard InChI is InChI=1S/C9H13F2NO3/c1-2-9(10,11)7(15)12-8(3-4-8)5-6(13)14/h2-5H2,1H3,(H,12,15)(H,13,14). The van der Waals surface area contributed by atoms with E-state index >= 15 is 0 Å². The molecule has 6 heteroatoms. The molecule has 0 unspecified atom stereocenters. The summed E-state index contributed by atoms with van der Waals surface area (Å²) in [7, 11) is 0. The molecule has 1 fully saturated rings. The summed E-state index contributed by atoms with van der Waals surface area (Å²) >= 11 is 0. The van der Waals surface area contributed by atoms with Crippen molar-refractivity contribution >= 4 is 11.9 Å². The molecule has 0 atom stereocenters. The minimum atomic E-state index is -3.41. The predicted octanol–water partition coefficient (Wildman–Crippen LogP) is 1.16. The highest BCUT2D eigenvalue weighted by molar-refractivity contribution is 5.85. The van der Waals surface area contributed by atoms with Crippen LogP contribution < -0.4 is 5.32 Å². The number of hydrogen-bond acceptors (Lipinski definition) is 2. The molecule has 1 aliphatic rings. The first-order chi connectivity index (χ1) is 6.81. The Labute approximate surface area is 85.7 Å². The maximum atomic E-state index is 12.9. The molecule has 0 bridgehead atoms. The van der Waals surface area contributed by atoms with Crippen molar-refractivity contribution < 1.29 is 23.5 Å². The molecule has 0 spiro atoms. The molecule has 0 aromatic heterocycles. The molecule has 86 valence electrons. The normalized spacial score (nSPS) is 18.3. The lowest BCUT2D eigenvalue weighted by molar-refractivity contribution is -0.147. The highest BCUT2D eigenvalue weighted by atomic mass is 19.3. The summed E-state index contributed by atoms with van der Waals surface area (Å²) < 4.78 is 25.8. The summed E-state index contributed by atoms with van der Waals surface area (Å²) in [4.78, 5) is 21.5. The number of alkyl halides is 2. The zero-order chi connectivity index (χ0) is 11.7. The lowest BCUT2D eigenvalue weighted by Crippen LogP contribution is -2.47. The minimum absolute atomic E-state index is 0.293. The quantitative estimate of drug-likeness (QED) is 0.732. The van der Waals surface area contributed by atoms with Crippen molar-refractivity contribution in [2.24, 2.45) is 0 Å². The molecular weight excluding hydrogens is 208 g/mol. The van der Waals surface area contributed by atoms with E-state index in [2.05, 4.69) is 5.32 Å². The van der Waals surface area contributed by atoms with E-state index in [9.17, 15) is 18.4 Å². The van der Waals surface area contributed by atoms with Crippen LogP contribution in [0.1, 0.15) is 32.6 Å². The summed E-state index contributed by atoms with van der Waals surface area (Å²) in [5.41, 5.74) is -0.929. The van der Waals surface area contributed by atoms with Gasteiger partial charge in [-0.2, -0.15) is 8.78 Å². The zero-order valence-corrected chi connectivity index (χ0v) is 8.35. The Bertz CT molecular complexity index is 287. The number of amides is 1. The Morgan fingerprint density at radius 1 is 1.47 bits per heavy atom. The topological polar surface area (TPSA) is 66.4 Å². The van der Waals surface area contributed by atoms with Gasteiger partial charge in [-0.25, -0.2) is 0 Å². The van der Waals surface area contributed by atoms with Gasteiger partial charge in [-0.3, -0.25) is 9.59 Å². The van der Waals surface area contributed by atoms with Crippen molar-refractivity contribution in [1.82, 2.24) is 5.32 Å². The number of carboxylic acids is 1. The minimum Gasteiger partial charge on any atom is -0.481 e. The predicted molar refractivity (Wildman–Crippen MR) is 47.6 cm³/mol. The Kier molecular flexibility index (Phi) is 2.97. The second-order valence-corrected chi connectivity index (χ2v) is 3.86. The number of nitrogens with one attached hydrogen (secondary N) is 1. The number of hydrogen-bond donors (Lipinski definition) is 2. The average Bonchev–Trinajstić information content (AvgIpc) is 2.83. The molecule has 0 aromatic carbocycles. The fourth-order valence-corrected chi connectivity index (χ4v) is 1.28. The van der Waals surface area contributed by atoms with Gasteiger partial charge in [0.05, 0.1) is 12.0 Å². The van der Waals surface area contributed by atoms with Gasteiger partial charge in [-0.15, -0.1) is 0 Å². The van der Waals surface area contributed by atoms with Crippen LogP contribution in [-0.4, -0.2) is 28.4 Å². The molecule has 0 aromatic rings. The molecule has 15 heavy (non-hydrogen) atoms. The van der Waals surface area contributed by atoms with Crippen LogP contribution in [0.2, 0.25) is 0 Å². The van der Waals surface area contributed by atoms with E-state index in [1.54, 1.807) is 0 Å². The summed E-state index contributed by atoms with van der Waals surface area (Å²) in [5, 5.41) is 10.6. The molecule has 4 nitrogen and oxygen atoms in total. The van der Waals surface area contributed by atoms with Crippen molar-refractivity contribution in [2.45, 2.75) is 44.1 Å². The molecule has 0 radical (unpaired) electrons. The van der Waals surface area contributed by atoms with E-state index in [-0.39, 0.29) is 6.42 Å². The van der Waals surface area contributed by atoms with Gasteiger partial charge in [0, 0.05) is 6.42 Å². The van der Waals surface area contributed by atoms with Crippen LogP contribution in [0.4, 0.5) is 8.78 Å². The summed E-state index contributed by atoms with van der Waals surface area (Å²) in [6.45, 7) is 1.20. The van der Waals surface area contributed by atoms with Gasteiger partial charge in [-0.1, -0.05) is 6.92 Å². The highest BCUT2D eigenvalue weighted by Gasteiger charge is 2.49. The number of halogens is 2. The third-order valence-electron chi connectivity index (χ3n) is 2.50. The summed E-state index contributed by atoms with van der Waals surface area (Å²) in [6, 6.07) is 0. The molecule has 1 aliphatic carbocycles. The van der Waals surface area contributed by atoms with Crippen LogP contribution in [0.3, 0.4) is 0 Å². The molecule has 2 N–H and O–H groups in total. The first-order valence-corrected chi connectivity index (χ1v) is 4.73. The SMILES string of the molecule is CCC(F)(F)C(=O)NC1(CC(=O)O)CC1. The van der Waals surface area contributed by atoms with Gasteiger partial charge in [0.2, 0.25) is 0 Å².